The van der Waals surface area contributed by atoms with Crippen LogP contribution in [-0.4, -0.2) is 14.6 Å². The van der Waals surface area contributed by atoms with Crippen LogP contribution in [0.25, 0.3) is 0 Å². The first-order valence-electron chi connectivity index (χ1n) is 6.00. The minimum atomic E-state index is -3.56. The maximum absolute atomic E-state index is 12.6. The van der Waals surface area contributed by atoms with Crippen LogP contribution in [0.1, 0.15) is 27.7 Å². The van der Waals surface area contributed by atoms with Gasteiger partial charge >= 0.3 is 0 Å². The molecule has 0 aromatic heterocycles. The van der Waals surface area contributed by atoms with Crippen molar-refractivity contribution in [3.8, 4) is 0 Å². The number of aliphatic imine (C=N–C) groups is 1. The summed E-state index contributed by atoms with van der Waals surface area (Å²) < 4.78 is 26.0. The molecule has 0 radical (unpaired) electrons. The van der Waals surface area contributed by atoms with Crippen LogP contribution in [0.3, 0.4) is 0 Å². The summed E-state index contributed by atoms with van der Waals surface area (Å²) in [7, 11) is -3.56. The van der Waals surface area contributed by atoms with E-state index in [4.69, 9.17) is 0 Å². The van der Waals surface area contributed by atoms with Gasteiger partial charge in [-0.2, -0.15) is 0 Å². The minimum absolute atomic E-state index is 0.129. The van der Waals surface area contributed by atoms with Gasteiger partial charge < -0.3 is 0 Å². The molecule has 0 atom stereocenters. The van der Waals surface area contributed by atoms with Gasteiger partial charge in [-0.05, 0) is 49.6 Å². The number of allylic oxidation sites excluding steroid dienone is 1. The van der Waals surface area contributed by atoms with Gasteiger partial charge in [0, 0.05) is 10.7 Å². The zero-order valence-corrected chi connectivity index (χ0v) is 13.9. The van der Waals surface area contributed by atoms with Crippen LogP contribution < -0.4 is 0 Å². The Morgan fingerprint density at radius 3 is 2.21 bits per heavy atom. The molecule has 0 heterocycles. The highest BCUT2D eigenvalue weighted by molar-refractivity contribution is 9.10. The topological polar surface area (TPSA) is 46.5 Å². The monoisotopic (exact) mass is 343 g/mol. The molecular formula is C14H18BrNO2S. The van der Waals surface area contributed by atoms with E-state index in [2.05, 4.69) is 20.9 Å². The Hall–Kier alpha value is -0.940. The van der Waals surface area contributed by atoms with Crippen molar-refractivity contribution in [1.29, 1.82) is 0 Å². The van der Waals surface area contributed by atoms with Gasteiger partial charge in [0.1, 0.15) is 0 Å². The Labute approximate surface area is 123 Å². The predicted octanol–water partition coefficient (Wildman–Crippen LogP) is 4.20. The van der Waals surface area contributed by atoms with E-state index in [-0.39, 0.29) is 15.8 Å². The fraction of sp³-hybridized carbons (Fsp3) is 0.357. The Balaban J connectivity index is 3.45. The van der Waals surface area contributed by atoms with Crippen molar-refractivity contribution in [2.75, 3.05) is 0 Å². The first kappa shape index (κ1) is 16.1. The summed E-state index contributed by atoms with van der Waals surface area (Å²) in [5, 5.41) is 0.146. The molecule has 0 amide bonds. The molecule has 0 aliphatic heterocycles. The number of hydrogen-bond acceptors (Lipinski definition) is 3. The minimum Gasteiger partial charge on any atom is -0.249 e. The second kappa shape index (κ2) is 6.48. The lowest BCUT2D eigenvalue weighted by Gasteiger charge is -2.12. The smallest absolute Gasteiger partial charge is 0.223 e. The number of nitrogens with zero attached hydrogens (tertiary/aromatic N) is 1. The standard InChI is InChI=1S/C14H18BrNO2S/c1-5-16-14(11(4)10(2)3)19(17,18)13-8-6-12(15)7-9-13/h5-10H,1-4H3/b14-11-,16-5?. The molecule has 0 saturated heterocycles. The van der Waals surface area contributed by atoms with E-state index in [9.17, 15) is 8.42 Å². The molecule has 3 nitrogen and oxygen atoms in total. The van der Waals surface area contributed by atoms with Crippen molar-refractivity contribution < 1.29 is 8.42 Å². The van der Waals surface area contributed by atoms with Gasteiger partial charge in [-0.3, -0.25) is 0 Å². The van der Waals surface area contributed by atoms with Gasteiger partial charge in [0.15, 0.2) is 5.03 Å². The van der Waals surface area contributed by atoms with Gasteiger partial charge in [0.05, 0.1) is 4.90 Å². The number of benzene rings is 1. The predicted molar refractivity (Wildman–Crippen MR) is 83.0 cm³/mol. The number of halogens is 1. The first-order chi connectivity index (χ1) is 8.80. The average Bonchev–Trinajstić information content (AvgIpc) is 2.35. The van der Waals surface area contributed by atoms with E-state index in [1.807, 2.05) is 20.8 Å². The lowest BCUT2D eigenvalue weighted by Crippen LogP contribution is -2.08. The Morgan fingerprint density at radius 2 is 1.79 bits per heavy atom. The van der Waals surface area contributed by atoms with Crippen LogP contribution in [0.4, 0.5) is 0 Å². The zero-order chi connectivity index (χ0) is 14.6. The van der Waals surface area contributed by atoms with E-state index < -0.39 is 9.84 Å². The SMILES string of the molecule is CC=N/C(=C(\C)C(C)C)S(=O)(=O)c1ccc(Br)cc1. The first-order valence-corrected chi connectivity index (χ1v) is 8.28. The van der Waals surface area contributed by atoms with Gasteiger partial charge in [0.2, 0.25) is 9.84 Å². The third-order valence-electron chi connectivity index (χ3n) is 2.83. The van der Waals surface area contributed by atoms with Crippen molar-refractivity contribution in [1.82, 2.24) is 0 Å². The summed E-state index contributed by atoms with van der Waals surface area (Å²) in [4.78, 5) is 4.33. The highest BCUT2D eigenvalue weighted by Crippen LogP contribution is 2.27. The third-order valence-corrected chi connectivity index (χ3v) is 5.19. The van der Waals surface area contributed by atoms with E-state index in [0.717, 1.165) is 10.0 Å². The average molecular weight is 344 g/mol. The molecule has 0 fully saturated rings. The summed E-state index contributed by atoms with van der Waals surface area (Å²) in [5.41, 5.74) is 0.765. The Kier molecular flexibility index (Phi) is 5.50. The largest absolute Gasteiger partial charge is 0.249 e. The molecule has 0 aliphatic carbocycles. The highest BCUT2D eigenvalue weighted by Gasteiger charge is 2.23. The molecule has 0 bridgehead atoms. The lowest BCUT2D eigenvalue weighted by molar-refractivity contribution is 0.599. The normalized spacial score (nSPS) is 14.0. The fourth-order valence-electron chi connectivity index (χ4n) is 1.47. The fourth-order valence-corrected chi connectivity index (χ4v) is 3.36. The zero-order valence-electron chi connectivity index (χ0n) is 11.5. The molecular weight excluding hydrogens is 326 g/mol. The third kappa shape index (κ3) is 3.76. The van der Waals surface area contributed by atoms with Gasteiger partial charge in [0.25, 0.3) is 0 Å². The van der Waals surface area contributed by atoms with Crippen LogP contribution >= 0.6 is 15.9 Å². The number of sulfone groups is 1. The van der Waals surface area contributed by atoms with Crippen LogP contribution in [0.2, 0.25) is 0 Å². The van der Waals surface area contributed by atoms with Gasteiger partial charge in [-0.15, -0.1) is 0 Å². The molecule has 0 aliphatic rings. The molecule has 0 saturated carbocycles. The number of hydrogen-bond donors (Lipinski definition) is 0. The Morgan fingerprint density at radius 1 is 1.26 bits per heavy atom. The quantitative estimate of drug-likeness (QED) is 0.769. The summed E-state index contributed by atoms with van der Waals surface area (Å²) >= 11 is 3.30. The maximum atomic E-state index is 12.6. The lowest BCUT2D eigenvalue weighted by atomic mass is 10.1. The van der Waals surface area contributed by atoms with Gasteiger partial charge in [-0.1, -0.05) is 29.8 Å². The molecule has 19 heavy (non-hydrogen) atoms. The molecule has 5 heteroatoms. The molecule has 1 aromatic carbocycles. The van der Waals surface area contributed by atoms with E-state index in [0.29, 0.717) is 0 Å². The highest BCUT2D eigenvalue weighted by atomic mass is 79.9. The molecule has 0 spiro atoms. The van der Waals surface area contributed by atoms with Crippen LogP contribution in [0, 0.1) is 5.92 Å². The number of rotatable bonds is 4. The maximum Gasteiger partial charge on any atom is 0.223 e. The summed E-state index contributed by atoms with van der Waals surface area (Å²) in [5.74, 6) is 0.129. The van der Waals surface area contributed by atoms with Crippen molar-refractivity contribution >= 4 is 32.0 Å². The van der Waals surface area contributed by atoms with Gasteiger partial charge in [-0.25, -0.2) is 13.4 Å². The second-order valence-corrected chi connectivity index (χ2v) is 7.27. The van der Waals surface area contributed by atoms with Crippen molar-refractivity contribution in [3.05, 3.63) is 39.3 Å². The molecule has 0 unspecified atom stereocenters. The molecule has 104 valence electrons. The summed E-state index contributed by atoms with van der Waals surface area (Å²) in [6.45, 7) is 7.43. The second-order valence-electron chi connectivity index (χ2n) is 4.49. The van der Waals surface area contributed by atoms with E-state index >= 15 is 0 Å². The van der Waals surface area contributed by atoms with Crippen molar-refractivity contribution in [2.24, 2.45) is 10.9 Å². The summed E-state index contributed by atoms with van der Waals surface area (Å²) in [6, 6.07) is 6.59. The van der Waals surface area contributed by atoms with Crippen molar-refractivity contribution in [3.63, 3.8) is 0 Å². The molecule has 1 aromatic rings. The Bertz CT molecular complexity index is 599. The molecule has 1 rings (SSSR count). The van der Waals surface area contributed by atoms with Crippen LogP contribution in [-0.2, 0) is 9.84 Å². The van der Waals surface area contributed by atoms with E-state index in [1.165, 1.54) is 6.21 Å². The van der Waals surface area contributed by atoms with Crippen LogP contribution in [0.5, 0.6) is 0 Å². The molecule has 0 N–H and O–H groups in total. The van der Waals surface area contributed by atoms with Crippen LogP contribution in [0.15, 0.2) is 49.2 Å². The summed E-state index contributed by atoms with van der Waals surface area (Å²) in [6.07, 6.45) is 1.51. The van der Waals surface area contributed by atoms with Crippen molar-refractivity contribution in [2.45, 2.75) is 32.6 Å². The van der Waals surface area contributed by atoms with E-state index in [1.54, 1.807) is 31.2 Å².